The van der Waals surface area contributed by atoms with Gasteiger partial charge in [0.2, 0.25) is 41.4 Å². The quantitative estimate of drug-likeness (QED) is 0.0360. The molecular weight excluding hydrogens is 784 g/mol. The number of aliphatic hydroxyl groups is 1. The van der Waals surface area contributed by atoms with E-state index in [4.69, 9.17) is 22.9 Å². The molecule has 7 amide bonds. The molecule has 0 radical (unpaired) electrons. The molecule has 0 fully saturated rings. The van der Waals surface area contributed by atoms with Crippen molar-refractivity contribution in [2.75, 3.05) is 19.7 Å². The number of carbonyl (C=O) groups excluding carboxylic acids is 7. The second-order valence-electron chi connectivity index (χ2n) is 15.4. The first-order valence-electron chi connectivity index (χ1n) is 20.1. The Kier molecular flexibility index (Phi) is 24.0. The van der Waals surface area contributed by atoms with Crippen LogP contribution >= 0.6 is 0 Å². The highest BCUT2D eigenvalue weighted by atomic mass is 16.4. The van der Waals surface area contributed by atoms with E-state index in [1.165, 1.54) is 24.3 Å². The molecule has 0 spiro atoms. The number of primary amides is 1. The van der Waals surface area contributed by atoms with Gasteiger partial charge in [0.25, 0.3) is 0 Å². The number of benzene rings is 1. The number of carboxylic acid groups (broad SMARTS) is 1. The smallest absolute Gasteiger partial charge is 0.328 e. The molecule has 60 heavy (non-hydrogen) atoms. The largest absolute Gasteiger partial charge is 0.508 e. The molecule has 21 heteroatoms. The maximum Gasteiger partial charge on any atom is 0.328 e. The summed E-state index contributed by atoms with van der Waals surface area (Å²) in [6, 6.07) is -3.63. The predicted molar refractivity (Wildman–Crippen MR) is 220 cm³/mol. The zero-order chi connectivity index (χ0) is 45.5. The molecule has 1 aromatic carbocycles. The van der Waals surface area contributed by atoms with Crippen LogP contribution in [-0.2, 0) is 44.8 Å². The number of phenolic OH excluding ortho intramolecular Hbond substituents is 1. The highest BCUT2D eigenvalue weighted by molar-refractivity contribution is 5.98. The zero-order valence-corrected chi connectivity index (χ0v) is 34.9. The number of aliphatic carboxylic acids is 1. The lowest BCUT2D eigenvalue weighted by Crippen LogP contribution is -2.60. The van der Waals surface area contributed by atoms with Crippen LogP contribution in [0, 0.1) is 11.8 Å². The van der Waals surface area contributed by atoms with Gasteiger partial charge in [-0.3, -0.25) is 33.6 Å². The van der Waals surface area contributed by atoms with E-state index in [0.717, 1.165) is 0 Å². The van der Waals surface area contributed by atoms with E-state index in [9.17, 15) is 53.7 Å². The second-order valence-corrected chi connectivity index (χ2v) is 15.4. The number of nitrogens with one attached hydrogen (secondary N) is 6. The standard InChI is InChI=1S/C39H66N10O11/c1-21(2)17-27(35(55)48-29(19-31(42)52)37(57)49-30(20-50)39(59)60)46-36(56)28(18-23-11-13-24(51)14-12-23)47-34(54)25(9-5-7-15-40)44-33(53)26(10-6-8-16-41)45-38(58)32(43)22(3)4/h11-14,21-22,25-30,32,50-51H,5-10,15-20,40-41,43H2,1-4H3,(H2,42,52)(H,44,53)(H,45,58)(H,46,56)(H,47,54)(H,48,55)(H,49,57)(H,59,60)/t25-,26-,27-,28-,29-,30-,32-/m0/s1. The van der Waals surface area contributed by atoms with E-state index in [1.54, 1.807) is 27.7 Å². The highest BCUT2D eigenvalue weighted by Crippen LogP contribution is 2.14. The molecule has 0 heterocycles. The van der Waals surface area contributed by atoms with Crippen LogP contribution in [0.25, 0.3) is 0 Å². The number of hydrogen-bond acceptors (Lipinski definition) is 13. The molecule has 0 aliphatic carbocycles. The first-order chi connectivity index (χ1) is 28.2. The van der Waals surface area contributed by atoms with Crippen molar-refractivity contribution in [3.05, 3.63) is 29.8 Å². The minimum atomic E-state index is -1.76. The van der Waals surface area contributed by atoms with Gasteiger partial charge in [0.15, 0.2) is 0 Å². The van der Waals surface area contributed by atoms with Crippen molar-refractivity contribution in [3.8, 4) is 5.75 Å². The lowest BCUT2D eigenvalue weighted by molar-refractivity contribution is -0.143. The second kappa shape index (κ2) is 27.4. The summed E-state index contributed by atoms with van der Waals surface area (Å²) < 4.78 is 0. The van der Waals surface area contributed by atoms with E-state index in [0.29, 0.717) is 44.3 Å². The van der Waals surface area contributed by atoms with Gasteiger partial charge in [0, 0.05) is 6.42 Å². The Balaban J connectivity index is 3.52. The Hall–Kier alpha value is -5.38. The van der Waals surface area contributed by atoms with Gasteiger partial charge in [-0.2, -0.15) is 0 Å². The Labute approximate surface area is 350 Å². The van der Waals surface area contributed by atoms with Crippen molar-refractivity contribution in [1.29, 1.82) is 0 Å². The third-order valence-electron chi connectivity index (χ3n) is 9.37. The summed E-state index contributed by atoms with van der Waals surface area (Å²) in [6.45, 7) is 6.65. The lowest BCUT2D eigenvalue weighted by Gasteiger charge is -2.28. The van der Waals surface area contributed by atoms with Crippen LogP contribution in [0.2, 0.25) is 0 Å². The molecule has 0 aromatic heterocycles. The Morgan fingerprint density at radius 1 is 0.600 bits per heavy atom. The number of aromatic hydroxyl groups is 1. The molecule has 0 saturated heterocycles. The Morgan fingerprint density at radius 3 is 1.47 bits per heavy atom. The minimum absolute atomic E-state index is 0.00769. The summed E-state index contributed by atoms with van der Waals surface area (Å²) in [5, 5.41) is 43.5. The number of amides is 7. The topological polar surface area (TPSA) is 374 Å². The van der Waals surface area contributed by atoms with Gasteiger partial charge in [0.05, 0.1) is 19.1 Å². The summed E-state index contributed by atoms with van der Waals surface area (Å²) in [5.41, 5.74) is 23.2. The molecule has 1 aromatic rings. The number of unbranched alkanes of at least 4 members (excludes halogenated alkanes) is 2. The zero-order valence-electron chi connectivity index (χ0n) is 34.9. The molecule has 0 bridgehead atoms. The fourth-order valence-corrected chi connectivity index (χ4v) is 5.83. The van der Waals surface area contributed by atoms with Crippen LogP contribution < -0.4 is 54.8 Å². The van der Waals surface area contributed by atoms with Gasteiger partial charge in [-0.25, -0.2) is 4.79 Å². The summed E-state index contributed by atoms with van der Waals surface area (Å²) >= 11 is 0. The fraction of sp³-hybridized carbons (Fsp3) is 0.641. The number of phenols is 1. The van der Waals surface area contributed by atoms with Crippen molar-refractivity contribution < 1.29 is 53.7 Å². The number of rotatable bonds is 29. The van der Waals surface area contributed by atoms with Gasteiger partial charge in [0.1, 0.15) is 42.0 Å². The van der Waals surface area contributed by atoms with Crippen molar-refractivity contribution in [2.45, 2.75) is 128 Å². The lowest BCUT2D eigenvalue weighted by atomic mass is 9.99. The number of aliphatic hydroxyl groups excluding tert-OH is 1. The van der Waals surface area contributed by atoms with E-state index >= 15 is 0 Å². The highest BCUT2D eigenvalue weighted by Gasteiger charge is 2.34. The SMILES string of the molecule is CC(C)C[C@H](NC(=O)[C@H](Cc1ccc(O)cc1)NC(=O)[C@H](CCCCN)NC(=O)[C@H](CCCCN)NC(=O)[C@@H](N)C(C)C)C(=O)N[C@@H](CC(N)=O)C(=O)N[C@@H](CO)C(=O)O. The minimum Gasteiger partial charge on any atom is -0.508 e. The Morgan fingerprint density at radius 2 is 1.02 bits per heavy atom. The molecule has 17 N–H and O–H groups in total. The monoisotopic (exact) mass is 850 g/mol. The number of carbonyl (C=O) groups is 8. The van der Waals surface area contributed by atoms with Crippen molar-refractivity contribution in [1.82, 2.24) is 31.9 Å². The molecule has 338 valence electrons. The van der Waals surface area contributed by atoms with Gasteiger partial charge >= 0.3 is 5.97 Å². The molecule has 0 unspecified atom stereocenters. The normalized spacial score (nSPS) is 14.7. The summed E-state index contributed by atoms with van der Waals surface area (Å²) in [6.07, 6.45) is 1.31. The van der Waals surface area contributed by atoms with Gasteiger partial charge in [-0.1, -0.05) is 39.8 Å². The number of nitrogens with two attached hydrogens (primary N) is 4. The van der Waals surface area contributed by atoms with Gasteiger partial charge < -0.3 is 70.2 Å². The third kappa shape index (κ3) is 19.6. The van der Waals surface area contributed by atoms with E-state index in [2.05, 4.69) is 26.6 Å². The summed E-state index contributed by atoms with van der Waals surface area (Å²) in [4.78, 5) is 105. The van der Waals surface area contributed by atoms with Crippen molar-refractivity contribution in [2.24, 2.45) is 34.8 Å². The maximum atomic E-state index is 14.1. The Bertz CT molecular complexity index is 1580. The van der Waals surface area contributed by atoms with Crippen LogP contribution in [-0.4, -0.2) is 125 Å². The van der Waals surface area contributed by atoms with Crippen molar-refractivity contribution in [3.63, 3.8) is 0 Å². The van der Waals surface area contributed by atoms with E-state index in [-0.39, 0.29) is 43.3 Å². The predicted octanol–water partition coefficient (Wildman–Crippen LogP) is -2.92. The van der Waals surface area contributed by atoms with Crippen LogP contribution in [0.4, 0.5) is 0 Å². The van der Waals surface area contributed by atoms with Gasteiger partial charge in [-0.05, 0) is 87.6 Å². The van der Waals surface area contributed by atoms with Crippen LogP contribution in [0.5, 0.6) is 5.75 Å². The maximum absolute atomic E-state index is 14.1. The summed E-state index contributed by atoms with van der Waals surface area (Å²) in [5.74, 6) is -8.07. The van der Waals surface area contributed by atoms with Gasteiger partial charge in [-0.15, -0.1) is 0 Å². The molecule has 7 atom stereocenters. The molecule has 0 aliphatic heterocycles. The average Bonchev–Trinajstić information content (AvgIpc) is 3.18. The van der Waals surface area contributed by atoms with Crippen LogP contribution in [0.3, 0.4) is 0 Å². The molecule has 21 nitrogen and oxygen atoms in total. The number of hydrogen-bond donors (Lipinski definition) is 13. The van der Waals surface area contributed by atoms with Crippen LogP contribution in [0.15, 0.2) is 24.3 Å². The molecule has 1 rings (SSSR count). The molecule has 0 saturated carbocycles. The summed E-state index contributed by atoms with van der Waals surface area (Å²) in [7, 11) is 0. The van der Waals surface area contributed by atoms with E-state index in [1.807, 2.05) is 5.32 Å². The first-order valence-corrected chi connectivity index (χ1v) is 20.1. The first kappa shape index (κ1) is 52.6. The fourth-order valence-electron chi connectivity index (χ4n) is 5.83. The molecular formula is C39H66N10O11. The van der Waals surface area contributed by atoms with E-state index < -0.39 is 103 Å². The van der Waals surface area contributed by atoms with Crippen LogP contribution in [0.1, 0.15) is 84.6 Å². The van der Waals surface area contributed by atoms with Crippen molar-refractivity contribution >= 4 is 47.3 Å². The third-order valence-corrected chi connectivity index (χ3v) is 9.37. The average molecular weight is 851 g/mol. The molecule has 0 aliphatic rings. The number of carboxylic acids is 1.